The number of halogens is 1. The average Bonchev–Trinajstić information content (AvgIpc) is 2.61. The molecule has 2 saturated heterocycles. The number of ether oxygens (including phenoxy) is 2. The molecule has 1 spiro atoms. The van der Waals surface area contributed by atoms with Crippen LogP contribution in [0.15, 0.2) is 18.2 Å². The van der Waals surface area contributed by atoms with Crippen LogP contribution in [-0.4, -0.2) is 50.3 Å². The summed E-state index contributed by atoms with van der Waals surface area (Å²) in [5.74, 6) is 0.549. The summed E-state index contributed by atoms with van der Waals surface area (Å²) in [4.78, 5) is 14.9. The van der Waals surface area contributed by atoms with E-state index in [4.69, 9.17) is 26.8 Å². The zero-order chi connectivity index (χ0) is 17.0. The molecule has 3 rings (SSSR count). The Morgan fingerprint density at radius 1 is 1.25 bits per heavy atom. The van der Waals surface area contributed by atoms with Gasteiger partial charge in [0, 0.05) is 37.9 Å². The largest absolute Gasteiger partial charge is 0.491 e. The normalized spacial score (nSPS) is 20.2. The monoisotopic (exact) mass is 352 g/mol. The van der Waals surface area contributed by atoms with Gasteiger partial charge in [0.05, 0.1) is 5.56 Å². The molecule has 6 heteroatoms. The first-order valence-corrected chi connectivity index (χ1v) is 9.01. The second kappa shape index (κ2) is 7.72. The lowest BCUT2D eigenvalue weighted by molar-refractivity contribution is -0.0175. The fourth-order valence-corrected chi connectivity index (χ4v) is 3.80. The average molecular weight is 353 g/mol. The molecule has 0 aliphatic carbocycles. The van der Waals surface area contributed by atoms with Gasteiger partial charge in [-0.3, -0.25) is 4.79 Å². The number of rotatable bonds is 4. The van der Waals surface area contributed by atoms with E-state index in [0.29, 0.717) is 34.9 Å². The second-order valence-corrected chi connectivity index (χ2v) is 7.12. The van der Waals surface area contributed by atoms with Crippen molar-refractivity contribution in [1.82, 2.24) is 4.90 Å². The Bertz CT molecular complexity index is 578. The molecule has 1 aromatic carbocycles. The van der Waals surface area contributed by atoms with Gasteiger partial charge in [0.25, 0.3) is 5.91 Å². The number of hydrogen-bond donors (Lipinski definition) is 1. The molecular weight excluding hydrogens is 328 g/mol. The number of carbonyl (C=O) groups excluding carboxylic acids is 1. The van der Waals surface area contributed by atoms with Gasteiger partial charge in [-0.05, 0) is 49.3 Å². The zero-order valence-electron chi connectivity index (χ0n) is 13.9. The molecule has 2 N–H and O–H groups in total. The summed E-state index contributed by atoms with van der Waals surface area (Å²) in [6.07, 6.45) is 4.30. The van der Waals surface area contributed by atoms with Crippen molar-refractivity contribution < 1.29 is 14.3 Å². The summed E-state index contributed by atoms with van der Waals surface area (Å²) in [5, 5.41) is 0.538. The third-order valence-corrected chi connectivity index (χ3v) is 5.45. The molecule has 0 radical (unpaired) electrons. The Balaban J connectivity index is 1.69. The second-order valence-electron chi connectivity index (χ2n) is 6.68. The minimum atomic E-state index is -0.00793. The van der Waals surface area contributed by atoms with Crippen LogP contribution in [0.4, 0.5) is 0 Å². The number of piperidine rings is 1. The molecular formula is C18H25ClN2O3. The smallest absolute Gasteiger partial charge is 0.257 e. The van der Waals surface area contributed by atoms with E-state index in [2.05, 4.69) is 0 Å². The van der Waals surface area contributed by atoms with E-state index in [1.807, 2.05) is 4.90 Å². The quantitative estimate of drug-likeness (QED) is 0.904. The topological polar surface area (TPSA) is 64.8 Å². The maximum atomic E-state index is 12.9. The Morgan fingerprint density at radius 2 is 1.96 bits per heavy atom. The minimum Gasteiger partial charge on any atom is -0.491 e. The highest BCUT2D eigenvalue weighted by atomic mass is 35.5. The molecule has 0 atom stereocenters. The molecule has 0 saturated carbocycles. The molecule has 5 nitrogen and oxygen atoms in total. The molecule has 2 aliphatic heterocycles. The summed E-state index contributed by atoms with van der Waals surface area (Å²) >= 11 is 6.09. The fraction of sp³-hybridized carbons (Fsp3) is 0.611. The van der Waals surface area contributed by atoms with Crippen LogP contribution in [0.25, 0.3) is 0 Å². The molecule has 2 heterocycles. The summed E-state index contributed by atoms with van der Waals surface area (Å²) in [6, 6.07) is 5.17. The molecule has 1 amide bonds. The Morgan fingerprint density at radius 3 is 2.62 bits per heavy atom. The molecule has 2 aliphatic rings. The van der Waals surface area contributed by atoms with Crippen LogP contribution in [0.5, 0.6) is 5.75 Å². The highest BCUT2D eigenvalue weighted by Gasteiger charge is 2.37. The Kier molecular flexibility index (Phi) is 5.64. The lowest BCUT2D eigenvalue weighted by Crippen LogP contribution is -2.45. The Labute approximate surface area is 148 Å². The van der Waals surface area contributed by atoms with Gasteiger partial charge in [0.2, 0.25) is 0 Å². The van der Waals surface area contributed by atoms with Crippen molar-refractivity contribution in [3.63, 3.8) is 0 Å². The number of nitrogens with zero attached hydrogens (tertiary/aromatic N) is 1. The third-order valence-electron chi connectivity index (χ3n) is 5.21. The maximum absolute atomic E-state index is 12.9. The summed E-state index contributed by atoms with van der Waals surface area (Å²) < 4.78 is 11.1. The van der Waals surface area contributed by atoms with Gasteiger partial charge in [0.15, 0.2) is 0 Å². The number of nitrogens with two attached hydrogens (primary N) is 1. The summed E-state index contributed by atoms with van der Waals surface area (Å²) in [7, 11) is 0. The van der Waals surface area contributed by atoms with Gasteiger partial charge in [-0.2, -0.15) is 0 Å². The molecule has 1 aromatic rings. The first kappa shape index (κ1) is 17.5. The number of carbonyl (C=O) groups is 1. The lowest BCUT2D eigenvalue weighted by atomic mass is 9.72. The van der Waals surface area contributed by atoms with Crippen LogP contribution in [-0.2, 0) is 4.74 Å². The van der Waals surface area contributed by atoms with Crippen LogP contribution in [0, 0.1) is 5.41 Å². The molecule has 24 heavy (non-hydrogen) atoms. The first-order chi connectivity index (χ1) is 11.6. The number of benzene rings is 1. The zero-order valence-corrected chi connectivity index (χ0v) is 14.7. The van der Waals surface area contributed by atoms with E-state index in [1.54, 1.807) is 18.2 Å². The van der Waals surface area contributed by atoms with Crippen LogP contribution in [0.1, 0.15) is 36.0 Å². The van der Waals surface area contributed by atoms with Gasteiger partial charge >= 0.3 is 0 Å². The highest BCUT2D eigenvalue weighted by molar-refractivity contribution is 6.31. The predicted octanol–water partition coefficient (Wildman–Crippen LogP) is 2.71. The Hall–Kier alpha value is -1.30. The van der Waals surface area contributed by atoms with E-state index in [0.717, 1.165) is 52.0 Å². The van der Waals surface area contributed by atoms with Crippen LogP contribution in [0.2, 0.25) is 5.02 Å². The van der Waals surface area contributed by atoms with E-state index in [-0.39, 0.29) is 5.91 Å². The predicted molar refractivity (Wildman–Crippen MR) is 93.6 cm³/mol. The van der Waals surface area contributed by atoms with Crippen molar-refractivity contribution in [2.75, 3.05) is 39.5 Å². The van der Waals surface area contributed by atoms with Crippen molar-refractivity contribution in [2.45, 2.75) is 25.7 Å². The SMILES string of the molecule is NCCOc1ccc(Cl)cc1C(=O)N1CCC2(CCOCC2)CC1. The van der Waals surface area contributed by atoms with Gasteiger partial charge < -0.3 is 20.1 Å². The molecule has 0 aromatic heterocycles. The van der Waals surface area contributed by atoms with Crippen molar-refractivity contribution in [1.29, 1.82) is 0 Å². The van der Waals surface area contributed by atoms with Crippen LogP contribution in [0.3, 0.4) is 0 Å². The molecule has 2 fully saturated rings. The summed E-state index contributed by atoms with van der Waals surface area (Å²) in [5.41, 5.74) is 6.39. The standard InChI is InChI=1S/C18H25ClN2O3/c19-14-1-2-16(24-12-7-20)15(13-14)17(22)21-8-3-18(4-9-21)5-10-23-11-6-18/h1-2,13H,3-12,20H2. The first-order valence-electron chi connectivity index (χ1n) is 8.63. The number of likely N-dealkylation sites (tertiary alicyclic amines) is 1. The highest BCUT2D eigenvalue weighted by Crippen LogP contribution is 2.41. The fourth-order valence-electron chi connectivity index (χ4n) is 3.62. The lowest BCUT2D eigenvalue weighted by Gasteiger charge is -2.44. The van der Waals surface area contributed by atoms with Crippen molar-refractivity contribution in [3.05, 3.63) is 28.8 Å². The third kappa shape index (κ3) is 3.85. The van der Waals surface area contributed by atoms with E-state index in [9.17, 15) is 4.79 Å². The van der Waals surface area contributed by atoms with Crippen molar-refractivity contribution >= 4 is 17.5 Å². The number of hydrogen-bond acceptors (Lipinski definition) is 4. The van der Waals surface area contributed by atoms with Crippen molar-refractivity contribution in [3.8, 4) is 5.75 Å². The van der Waals surface area contributed by atoms with Gasteiger partial charge in [-0.15, -0.1) is 0 Å². The van der Waals surface area contributed by atoms with E-state index >= 15 is 0 Å². The van der Waals surface area contributed by atoms with E-state index < -0.39 is 0 Å². The molecule has 0 bridgehead atoms. The number of amides is 1. The van der Waals surface area contributed by atoms with Gasteiger partial charge in [-0.1, -0.05) is 11.6 Å². The van der Waals surface area contributed by atoms with Crippen LogP contribution >= 0.6 is 11.6 Å². The minimum absolute atomic E-state index is 0.00793. The summed E-state index contributed by atoms with van der Waals surface area (Å²) in [6.45, 7) is 4.04. The van der Waals surface area contributed by atoms with Crippen LogP contribution < -0.4 is 10.5 Å². The van der Waals surface area contributed by atoms with Gasteiger partial charge in [-0.25, -0.2) is 0 Å². The molecule has 132 valence electrons. The maximum Gasteiger partial charge on any atom is 0.257 e. The van der Waals surface area contributed by atoms with Gasteiger partial charge in [0.1, 0.15) is 12.4 Å². The van der Waals surface area contributed by atoms with E-state index in [1.165, 1.54) is 0 Å². The molecule has 0 unspecified atom stereocenters. The van der Waals surface area contributed by atoms with Crippen molar-refractivity contribution in [2.24, 2.45) is 11.1 Å².